The lowest BCUT2D eigenvalue weighted by molar-refractivity contribution is 0.0583. The summed E-state index contributed by atoms with van der Waals surface area (Å²) >= 11 is 7.29. The first-order valence-electron chi connectivity index (χ1n) is 5.01. The number of hydrogen-bond acceptors (Lipinski definition) is 3. The van der Waals surface area contributed by atoms with Crippen LogP contribution in [0.3, 0.4) is 0 Å². The van der Waals surface area contributed by atoms with Gasteiger partial charge >= 0.3 is 0 Å². The van der Waals surface area contributed by atoms with Gasteiger partial charge in [-0.2, -0.15) is 0 Å². The third-order valence-electron chi connectivity index (χ3n) is 2.75. The predicted octanol–water partition coefficient (Wildman–Crippen LogP) is 3.32. The molecular weight excluding hydrogens is 232 g/mol. The Morgan fingerprint density at radius 3 is 2.87 bits per heavy atom. The van der Waals surface area contributed by atoms with Gasteiger partial charge in [-0.15, -0.1) is 11.3 Å². The van der Waals surface area contributed by atoms with Crippen LogP contribution in [0.2, 0.25) is 4.34 Å². The molecule has 82 valence electrons. The minimum Gasteiger partial charge on any atom is -0.370 e. The highest BCUT2D eigenvalue weighted by molar-refractivity contribution is 7.18. The van der Waals surface area contributed by atoms with Gasteiger partial charge in [-0.25, -0.2) is 0 Å². The van der Waals surface area contributed by atoms with Crippen molar-refractivity contribution >= 4 is 28.7 Å². The number of carbonyl (C=O) groups is 1. The molecule has 1 aliphatic rings. The second kappa shape index (κ2) is 4.24. The van der Waals surface area contributed by atoms with Crippen LogP contribution >= 0.6 is 22.9 Å². The highest BCUT2D eigenvalue weighted by atomic mass is 35.5. The van der Waals surface area contributed by atoms with E-state index in [-0.39, 0.29) is 11.9 Å². The number of aryl methyl sites for hydroxylation is 1. The first-order valence-corrected chi connectivity index (χ1v) is 6.21. The number of rotatable bonds is 2. The fourth-order valence-electron chi connectivity index (χ4n) is 1.75. The quantitative estimate of drug-likeness (QED) is 0.746. The van der Waals surface area contributed by atoms with Gasteiger partial charge in [0, 0.05) is 6.61 Å². The van der Waals surface area contributed by atoms with Crippen LogP contribution in [0.5, 0.6) is 0 Å². The molecule has 2 heterocycles. The second-order valence-corrected chi connectivity index (χ2v) is 5.64. The van der Waals surface area contributed by atoms with E-state index in [2.05, 4.69) is 6.92 Å². The number of ether oxygens (including phenoxy) is 1. The van der Waals surface area contributed by atoms with E-state index < -0.39 is 0 Å². The molecule has 1 fully saturated rings. The average Bonchev–Trinajstić information content (AvgIpc) is 2.74. The summed E-state index contributed by atoms with van der Waals surface area (Å²) < 4.78 is 6.14. The summed E-state index contributed by atoms with van der Waals surface area (Å²) in [5, 5.41) is 0. The van der Waals surface area contributed by atoms with Crippen LogP contribution in [0.4, 0.5) is 0 Å². The molecule has 0 aliphatic carbocycles. The standard InChI is InChI=1S/C11H13ClO2S/c1-6-3-4-14-10(6)9(13)8-5-7(2)11(12)15-8/h5-6,10H,3-4H2,1-2H3. The summed E-state index contributed by atoms with van der Waals surface area (Å²) in [6, 6.07) is 1.85. The molecule has 1 aliphatic heterocycles. The number of ketones is 1. The van der Waals surface area contributed by atoms with Crippen LogP contribution in [0.1, 0.15) is 28.6 Å². The summed E-state index contributed by atoms with van der Waals surface area (Å²) in [5.74, 6) is 0.402. The Morgan fingerprint density at radius 2 is 2.40 bits per heavy atom. The highest BCUT2D eigenvalue weighted by Gasteiger charge is 2.32. The minimum absolute atomic E-state index is 0.0833. The molecule has 0 spiro atoms. The molecule has 0 radical (unpaired) electrons. The Morgan fingerprint density at radius 1 is 1.67 bits per heavy atom. The van der Waals surface area contributed by atoms with Crippen LogP contribution in [-0.4, -0.2) is 18.5 Å². The van der Waals surface area contributed by atoms with Crippen molar-refractivity contribution in [2.24, 2.45) is 5.92 Å². The molecule has 15 heavy (non-hydrogen) atoms. The zero-order valence-electron chi connectivity index (χ0n) is 8.75. The molecule has 2 nitrogen and oxygen atoms in total. The summed E-state index contributed by atoms with van der Waals surface area (Å²) in [6.07, 6.45) is 0.702. The van der Waals surface area contributed by atoms with Crippen molar-refractivity contribution in [2.75, 3.05) is 6.61 Å². The predicted molar refractivity (Wildman–Crippen MR) is 61.9 cm³/mol. The number of hydrogen-bond donors (Lipinski definition) is 0. The van der Waals surface area contributed by atoms with Gasteiger partial charge in [0.25, 0.3) is 0 Å². The molecule has 1 aromatic heterocycles. The van der Waals surface area contributed by atoms with Crippen LogP contribution in [0, 0.1) is 12.8 Å². The van der Waals surface area contributed by atoms with Crippen molar-refractivity contribution in [2.45, 2.75) is 26.4 Å². The normalized spacial score (nSPS) is 25.8. The van der Waals surface area contributed by atoms with Crippen molar-refractivity contribution in [3.8, 4) is 0 Å². The molecule has 4 heteroatoms. The maximum Gasteiger partial charge on any atom is 0.201 e. The molecule has 2 rings (SSSR count). The number of Topliss-reactive ketones (excluding diaryl/α,β-unsaturated/α-hetero) is 1. The molecule has 0 amide bonds. The highest BCUT2D eigenvalue weighted by Crippen LogP contribution is 2.31. The molecule has 1 saturated heterocycles. The molecule has 0 saturated carbocycles. The molecule has 1 aromatic rings. The van der Waals surface area contributed by atoms with Gasteiger partial charge in [-0.3, -0.25) is 4.79 Å². The monoisotopic (exact) mass is 244 g/mol. The van der Waals surface area contributed by atoms with Crippen LogP contribution in [0.15, 0.2) is 6.07 Å². The molecule has 0 bridgehead atoms. The van der Waals surface area contributed by atoms with Crippen molar-refractivity contribution < 1.29 is 9.53 Å². The van der Waals surface area contributed by atoms with Crippen LogP contribution in [0.25, 0.3) is 0 Å². The molecule has 2 unspecified atom stereocenters. The van der Waals surface area contributed by atoms with Crippen LogP contribution < -0.4 is 0 Å². The van der Waals surface area contributed by atoms with Gasteiger partial charge < -0.3 is 4.74 Å². The first kappa shape index (κ1) is 11.1. The SMILES string of the molecule is Cc1cc(C(=O)C2OCCC2C)sc1Cl. The third-order valence-corrected chi connectivity index (χ3v) is 4.32. The number of thiophene rings is 1. The minimum atomic E-state index is -0.265. The zero-order valence-corrected chi connectivity index (χ0v) is 10.3. The van der Waals surface area contributed by atoms with Crippen molar-refractivity contribution in [3.05, 3.63) is 20.8 Å². The molecule has 0 N–H and O–H groups in total. The summed E-state index contributed by atoms with van der Waals surface area (Å²) in [6.45, 7) is 4.65. The lowest BCUT2D eigenvalue weighted by Crippen LogP contribution is -2.24. The lowest BCUT2D eigenvalue weighted by Gasteiger charge is -2.11. The summed E-state index contributed by atoms with van der Waals surface area (Å²) in [5.41, 5.74) is 0.968. The van der Waals surface area contributed by atoms with Gasteiger partial charge in [-0.05, 0) is 30.9 Å². The van der Waals surface area contributed by atoms with E-state index in [1.54, 1.807) is 0 Å². The average molecular weight is 245 g/mol. The van der Waals surface area contributed by atoms with Gasteiger partial charge in [0.05, 0.1) is 9.21 Å². The first-order chi connectivity index (χ1) is 7.09. The fourth-order valence-corrected chi connectivity index (χ4v) is 2.92. The third kappa shape index (κ3) is 2.10. The Balaban J connectivity index is 2.20. The molecular formula is C11H13ClO2S. The number of carbonyl (C=O) groups excluding carboxylic acids is 1. The van der Waals surface area contributed by atoms with E-state index >= 15 is 0 Å². The van der Waals surface area contributed by atoms with E-state index in [1.807, 2.05) is 13.0 Å². The Bertz CT molecular complexity index is 366. The smallest absolute Gasteiger partial charge is 0.201 e. The summed E-state index contributed by atoms with van der Waals surface area (Å²) in [7, 11) is 0. The zero-order chi connectivity index (χ0) is 11.0. The van der Waals surface area contributed by atoms with Crippen LogP contribution in [-0.2, 0) is 4.74 Å². The Labute approximate surface area is 98.2 Å². The van der Waals surface area contributed by atoms with Gasteiger partial charge in [0.2, 0.25) is 5.78 Å². The van der Waals surface area contributed by atoms with Gasteiger partial charge in [0.15, 0.2) is 0 Å². The summed E-state index contributed by atoms with van der Waals surface area (Å²) in [4.78, 5) is 12.8. The van der Waals surface area contributed by atoms with Crippen molar-refractivity contribution in [1.29, 1.82) is 0 Å². The van der Waals surface area contributed by atoms with E-state index in [1.165, 1.54) is 11.3 Å². The second-order valence-electron chi connectivity index (χ2n) is 3.99. The molecule has 2 atom stereocenters. The fraction of sp³-hybridized carbons (Fsp3) is 0.545. The maximum atomic E-state index is 12.0. The van der Waals surface area contributed by atoms with Gasteiger partial charge in [-0.1, -0.05) is 18.5 Å². The molecule has 0 aromatic carbocycles. The maximum absolute atomic E-state index is 12.0. The Kier molecular flexibility index (Phi) is 3.14. The van der Waals surface area contributed by atoms with E-state index in [0.29, 0.717) is 16.9 Å². The lowest BCUT2D eigenvalue weighted by atomic mass is 10.00. The van der Waals surface area contributed by atoms with Crippen molar-refractivity contribution in [1.82, 2.24) is 0 Å². The topological polar surface area (TPSA) is 26.3 Å². The van der Waals surface area contributed by atoms with E-state index in [0.717, 1.165) is 16.9 Å². The van der Waals surface area contributed by atoms with Gasteiger partial charge in [0.1, 0.15) is 6.10 Å². The van der Waals surface area contributed by atoms with Crippen molar-refractivity contribution in [3.63, 3.8) is 0 Å². The van der Waals surface area contributed by atoms with E-state index in [4.69, 9.17) is 16.3 Å². The largest absolute Gasteiger partial charge is 0.370 e. The van der Waals surface area contributed by atoms with E-state index in [9.17, 15) is 4.79 Å². The number of halogens is 1. The Hall–Kier alpha value is -0.380.